The zero-order valence-corrected chi connectivity index (χ0v) is 17.5. The summed E-state index contributed by atoms with van der Waals surface area (Å²) in [6.07, 6.45) is 6.60. The zero-order chi connectivity index (χ0) is 22.6. The third-order valence-electron chi connectivity index (χ3n) is 5.19. The quantitative estimate of drug-likeness (QED) is 0.417. The van der Waals surface area contributed by atoms with Crippen molar-refractivity contribution in [3.05, 3.63) is 96.8 Å². The molecule has 0 fully saturated rings. The average molecular weight is 433 g/mol. The number of anilines is 1. The minimum atomic E-state index is -0.463. The molecule has 0 atom stereocenters. The Morgan fingerprint density at radius 1 is 0.879 bits per heavy atom. The van der Waals surface area contributed by atoms with Gasteiger partial charge in [0.15, 0.2) is 5.82 Å². The molecule has 0 unspecified atom stereocenters. The number of primary amides is 1. The maximum atomic E-state index is 11.5. The summed E-state index contributed by atoms with van der Waals surface area (Å²) >= 11 is 0. The Morgan fingerprint density at radius 2 is 1.70 bits per heavy atom. The van der Waals surface area contributed by atoms with Crippen LogP contribution < -0.4 is 11.1 Å². The number of fused-ring (bicyclic) bond motifs is 1. The van der Waals surface area contributed by atoms with Crippen LogP contribution in [-0.2, 0) is 6.54 Å². The molecule has 5 aromatic rings. The SMILES string of the molecule is NC(=O)c1ccc(-c2cccc3nc(-c4cncnc4)nc(NCc4ccccn4)c23)cc1. The normalized spacial score (nSPS) is 10.8. The van der Waals surface area contributed by atoms with E-state index in [9.17, 15) is 4.79 Å². The topological polar surface area (TPSA) is 120 Å². The number of benzene rings is 2. The first-order valence-electron chi connectivity index (χ1n) is 10.3. The Morgan fingerprint density at radius 3 is 2.42 bits per heavy atom. The van der Waals surface area contributed by atoms with Crippen LogP contribution in [0.2, 0.25) is 0 Å². The Kier molecular flexibility index (Phi) is 5.38. The van der Waals surface area contributed by atoms with E-state index in [-0.39, 0.29) is 0 Å². The van der Waals surface area contributed by atoms with Crippen LogP contribution in [0.4, 0.5) is 5.82 Å². The first kappa shape index (κ1) is 20.2. The van der Waals surface area contributed by atoms with Gasteiger partial charge in [0.1, 0.15) is 12.1 Å². The molecule has 0 saturated heterocycles. The van der Waals surface area contributed by atoms with Crippen molar-refractivity contribution in [3.8, 4) is 22.5 Å². The van der Waals surface area contributed by atoms with Crippen molar-refractivity contribution in [3.63, 3.8) is 0 Å². The van der Waals surface area contributed by atoms with Gasteiger partial charge < -0.3 is 11.1 Å². The van der Waals surface area contributed by atoms with E-state index in [2.05, 4.69) is 20.3 Å². The molecule has 3 heterocycles. The van der Waals surface area contributed by atoms with Gasteiger partial charge in [0.25, 0.3) is 0 Å². The summed E-state index contributed by atoms with van der Waals surface area (Å²) in [7, 11) is 0. The van der Waals surface area contributed by atoms with Gasteiger partial charge in [-0.05, 0) is 41.5 Å². The van der Waals surface area contributed by atoms with Gasteiger partial charge in [-0.2, -0.15) is 0 Å². The van der Waals surface area contributed by atoms with E-state index < -0.39 is 5.91 Å². The fraction of sp³-hybridized carbons (Fsp3) is 0.0400. The number of rotatable bonds is 6. The standard InChI is InChI=1S/C25H19N7O/c26-23(33)17-9-7-16(8-10-17)20-5-3-6-21-22(20)25(30-14-19-4-1-2-11-29-19)32-24(31-21)18-12-27-15-28-13-18/h1-13,15H,14H2,(H2,26,33)(H,30,31,32). The number of hydrogen-bond acceptors (Lipinski definition) is 7. The van der Waals surface area contributed by atoms with E-state index in [0.29, 0.717) is 23.8 Å². The highest BCUT2D eigenvalue weighted by atomic mass is 16.1. The van der Waals surface area contributed by atoms with Crippen LogP contribution in [-0.4, -0.2) is 30.8 Å². The number of nitrogens with two attached hydrogens (primary N) is 1. The lowest BCUT2D eigenvalue weighted by Gasteiger charge is -2.14. The number of aromatic nitrogens is 5. The van der Waals surface area contributed by atoms with Crippen molar-refractivity contribution in [1.29, 1.82) is 0 Å². The van der Waals surface area contributed by atoms with Gasteiger partial charge in [0.05, 0.1) is 28.7 Å². The fourth-order valence-corrected chi connectivity index (χ4v) is 3.59. The van der Waals surface area contributed by atoms with Gasteiger partial charge in [-0.1, -0.05) is 30.3 Å². The van der Waals surface area contributed by atoms with Gasteiger partial charge in [-0.3, -0.25) is 9.78 Å². The molecule has 2 aromatic carbocycles. The molecule has 0 aliphatic carbocycles. The smallest absolute Gasteiger partial charge is 0.248 e. The Labute approximate surface area is 189 Å². The fourth-order valence-electron chi connectivity index (χ4n) is 3.59. The molecule has 1 amide bonds. The summed E-state index contributed by atoms with van der Waals surface area (Å²) < 4.78 is 0. The molecule has 3 N–H and O–H groups in total. The molecule has 0 aliphatic rings. The summed E-state index contributed by atoms with van der Waals surface area (Å²) in [5.41, 5.74) is 10.1. The predicted octanol–water partition coefficient (Wildman–Crippen LogP) is 3.86. The molecule has 0 radical (unpaired) electrons. The molecule has 33 heavy (non-hydrogen) atoms. The lowest BCUT2D eigenvalue weighted by Crippen LogP contribution is -2.10. The molecule has 0 spiro atoms. The number of amides is 1. The average Bonchev–Trinajstić information content (AvgIpc) is 2.88. The second-order valence-corrected chi connectivity index (χ2v) is 7.34. The zero-order valence-electron chi connectivity index (χ0n) is 17.5. The molecule has 8 heteroatoms. The van der Waals surface area contributed by atoms with Crippen LogP contribution >= 0.6 is 0 Å². The molecular formula is C25H19N7O. The molecule has 0 bridgehead atoms. The van der Waals surface area contributed by atoms with Crippen molar-refractivity contribution >= 4 is 22.6 Å². The number of carbonyl (C=O) groups excluding carboxylic acids is 1. The highest BCUT2D eigenvalue weighted by molar-refractivity contribution is 6.03. The van der Waals surface area contributed by atoms with E-state index in [1.165, 1.54) is 6.33 Å². The summed E-state index contributed by atoms with van der Waals surface area (Å²) in [5, 5.41) is 4.29. The van der Waals surface area contributed by atoms with Crippen LogP contribution in [0.1, 0.15) is 16.1 Å². The van der Waals surface area contributed by atoms with Gasteiger partial charge in [-0.25, -0.2) is 19.9 Å². The highest BCUT2D eigenvalue weighted by Gasteiger charge is 2.15. The van der Waals surface area contributed by atoms with Gasteiger partial charge in [0.2, 0.25) is 5.91 Å². The highest BCUT2D eigenvalue weighted by Crippen LogP contribution is 2.34. The van der Waals surface area contributed by atoms with Crippen molar-refractivity contribution < 1.29 is 4.79 Å². The van der Waals surface area contributed by atoms with Crippen LogP contribution in [0.15, 0.2) is 85.6 Å². The van der Waals surface area contributed by atoms with E-state index in [1.54, 1.807) is 30.7 Å². The van der Waals surface area contributed by atoms with Crippen molar-refractivity contribution in [1.82, 2.24) is 24.9 Å². The van der Waals surface area contributed by atoms with E-state index in [4.69, 9.17) is 15.7 Å². The second kappa shape index (κ2) is 8.80. The first-order chi connectivity index (χ1) is 16.2. The minimum absolute atomic E-state index is 0.454. The third-order valence-corrected chi connectivity index (χ3v) is 5.19. The maximum Gasteiger partial charge on any atom is 0.248 e. The predicted molar refractivity (Wildman–Crippen MR) is 126 cm³/mol. The van der Waals surface area contributed by atoms with Gasteiger partial charge in [0, 0.05) is 24.2 Å². The molecule has 3 aromatic heterocycles. The number of pyridine rings is 1. The van der Waals surface area contributed by atoms with Crippen LogP contribution in [0, 0.1) is 0 Å². The van der Waals surface area contributed by atoms with Crippen LogP contribution in [0.5, 0.6) is 0 Å². The molecule has 0 saturated carbocycles. The number of nitrogens with one attached hydrogen (secondary N) is 1. The van der Waals surface area contributed by atoms with E-state index in [0.717, 1.165) is 33.3 Å². The second-order valence-electron chi connectivity index (χ2n) is 7.34. The van der Waals surface area contributed by atoms with Gasteiger partial charge >= 0.3 is 0 Å². The minimum Gasteiger partial charge on any atom is -0.366 e. The number of hydrogen-bond donors (Lipinski definition) is 2. The Hall–Kier alpha value is -4.72. The van der Waals surface area contributed by atoms with Gasteiger partial charge in [-0.15, -0.1) is 0 Å². The van der Waals surface area contributed by atoms with Crippen molar-refractivity contribution in [2.24, 2.45) is 5.73 Å². The summed E-state index contributed by atoms with van der Waals surface area (Å²) in [6.45, 7) is 0.493. The number of carbonyl (C=O) groups is 1. The lowest BCUT2D eigenvalue weighted by molar-refractivity contribution is 0.100. The summed E-state index contributed by atoms with van der Waals surface area (Å²) in [4.78, 5) is 33.6. The number of nitrogens with zero attached hydrogens (tertiary/aromatic N) is 5. The van der Waals surface area contributed by atoms with Crippen molar-refractivity contribution in [2.75, 3.05) is 5.32 Å². The monoisotopic (exact) mass is 433 g/mol. The van der Waals surface area contributed by atoms with Crippen LogP contribution in [0.25, 0.3) is 33.4 Å². The third kappa shape index (κ3) is 4.22. The summed E-state index contributed by atoms with van der Waals surface area (Å²) in [6, 6.07) is 18.8. The van der Waals surface area contributed by atoms with Crippen LogP contribution in [0.3, 0.4) is 0 Å². The molecule has 5 rings (SSSR count). The van der Waals surface area contributed by atoms with Crippen molar-refractivity contribution in [2.45, 2.75) is 6.54 Å². The maximum absolute atomic E-state index is 11.5. The Balaban J connectivity index is 1.66. The summed E-state index contributed by atoms with van der Waals surface area (Å²) in [5.74, 6) is 0.724. The molecule has 0 aliphatic heterocycles. The first-order valence-corrected chi connectivity index (χ1v) is 10.3. The van der Waals surface area contributed by atoms with E-state index >= 15 is 0 Å². The Bertz CT molecular complexity index is 1420. The molecular weight excluding hydrogens is 414 g/mol. The lowest BCUT2D eigenvalue weighted by atomic mass is 9.99. The molecule has 160 valence electrons. The molecule has 8 nitrogen and oxygen atoms in total. The van der Waals surface area contributed by atoms with E-state index in [1.807, 2.05) is 48.5 Å². The largest absolute Gasteiger partial charge is 0.366 e.